The second kappa shape index (κ2) is 6.62. The molecule has 0 amide bonds. The lowest BCUT2D eigenvalue weighted by molar-refractivity contribution is -0.109. The van der Waals surface area contributed by atoms with E-state index < -0.39 is 0 Å². The van der Waals surface area contributed by atoms with Gasteiger partial charge in [-0.25, -0.2) is 4.68 Å². The fraction of sp³-hybridized carbons (Fsp3) is 0.278. The Hall–Kier alpha value is -2.77. The number of pyridine rings is 1. The lowest BCUT2D eigenvalue weighted by atomic mass is 10.2. The molecule has 7 heteroatoms. The average Bonchev–Trinajstić information content (AvgIpc) is 3.08. The van der Waals surface area contributed by atoms with E-state index in [2.05, 4.69) is 15.2 Å². The maximum absolute atomic E-state index is 11.2. The molecule has 2 aromatic heterocycles. The van der Waals surface area contributed by atoms with Crippen LogP contribution in [-0.4, -0.2) is 46.7 Å². The molecule has 1 fully saturated rings. The van der Waals surface area contributed by atoms with Crippen molar-refractivity contribution in [2.45, 2.75) is 12.6 Å². The molecule has 0 spiro atoms. The number of benzene rings is 1. The molecule has 0 bridgehead atoms. The Labute approximate surface area is 145 Å². The summed E-state index contributed by atoms with van der Waals surface area (Å²) in [6, 6.07) is 9.84. The highest BCUT2D eigenvalue weighted by Gasteiger charge is 2.23. The number of anilines is 1. The fourth-order valence-corrected chi connectivity index (χ4v) is 3.21. The number of hydrogen-bond donors (Lipinski definition) is 2. The van der Waals surface area contributed by atoms with E-state index >= 15 is 0 Å². The van der Waals surface area contributed by atoms with E-state index in [-0.39, 0.29) is 6.04 Å². The Morgan fingerprint density at radius 3 is 2.88 bits per heavy atom. The average molecular weight is 336 g/mol. The van der Waals surface area contributed by atoms with E-state index in [4.69, 9.17) is 10.8 Å². The van der Waals surface area contributed by atoms with Crippen molar-refractivity contribution in [1.82, 2.24) is 20.1 Å². The molecule has 1 atom stereocenters. The molecule has 0 saturated carbocycles. The summed E-state index contributed by atoms with van der Waals surface area (Å²) in [4.78, 5) is 17.6. The van der Waals surface area contributed by atoms with E-state index in [0.717, 1.165) is 47.3 Å². The van der Waals surface area contributed by atoms with Crippen LogP contribution in [0.3, 0.4) is 0 Å². The van der Waals surface area contributed by atoms with Gasteiger partial charge in [0.05, 0.1) is 23.4 Å². The lowest BCUT2D eigenvalue weighted by Crippen LogP contribution is -2.51. The smallest absolute Gasteiger partial charge is 0.159 e. The Morgan fingerprint density at radius 1 is 1.28 bits per heavy atom. The molecule has 128 valence electrons. The van der Waals surface area contributed by atoms with Gasteiger partial charge in [0.1, 0.15) is 6.29 Å². The minimum absolute atomic E-state index is 0.167. The van der Waals surface area contributed by atoms with Crippen LogP contribution in [0.15, 0.2) is 42.7 Å². The molecule has 0 aliphatic carbocycles. The number of rotatable bonds is 4. The summed E-state index contributed by atoms with van der Waals surface area (Å²) in [5, 5.41) is 9.07. The van der Waals surface area contributed by atoms with Crippen molar-refractivity contribution in [3.05, 3.63) is 48.3 Å². The SMILES string of the molecule is NCc1ccc(-n2nc(N3CCNC(C=O)C3)c3ccncc32)cc1. The molecule has 1 aliphatic heterocycles. The first-order valence-corrected chi connectivity index (χ1v) is 8.36. The van der Waals surface area contributed by atoms with Gasteiger partial charge in [0, 0.05) is 37.8 Å². The van der Waals surface area contributed by atoms with Crippen LogP contribution in [0.5, 0.6) is 0 Å². The molecule has 7 nitrogen and oxygen atoms in total. The summed E-state index contributed by atoms with van der Waals surface area (Å²) in [5.41, 5.74) is 8.67. The van der Waals surface area contributed by atoms with Crippen LogP contribution in [0.25, 0.3) is 16.6 Å². The Morgan fingerprint density at radius 2 is 2.12 bits per heavy atom. The van der Waals surface area contributed by atoms with Gasteiger partial charge in [-0.15, -0.1) is 5.10 Å². The number of carbonyl (C=O) groups is 1. The van der Waals surface area contributed by atoms with Gasteiger partial charge in [-0.05, 0) is 23.8 Å². The van der Waals surface area contributed by atoms with Crippen molar-refractivity contribution >= 4 is 23.0 Å². The third-order valence-corrected chi connectivity index (χ3v) is 4.55. The van der Waals surface area contributed by atoms with E-state index in [0.29, 0.717) is 13.1 Å². The number of nitrogens with zero attached hydrogens (tertiary/aromatic N) is 4. The summed E-state index contributed by atoms with van der Waals surface area (Å²) in [5.74, 6) is 0.883. The highest BCUT2D eigenvalue weighted by atomic mass is 16.1. The standard InChI is InChI=1S/C18H20N6O/c19-9-13-1-3-15(4-2-13)24-17-10-20-6-5-16(17)18(22-24)23-8-7-21-14(11-23)12-25/h1-6,10,12,14,21H,7-9,11,19H2. The topological polar surface area (TPSA) is 89.1 Å². The third kappa shape index (κ3) is 2.88. The number of hydrogen-bond acceptors (Lipinski definition) is 6. The van der Waals surface area contributed by atoms with Crippen LogP contribution < -0.4 is 16.0 Å². The number of aromatic nitrogens is 3. The van der Waals surface area contributed by atoms with Crippen LogP contribution >= 0.6 is 0 Å². The van der Waals surface area contributed by atoms with Crippen LogP contribution in [0.4, 0.5) is 5.82 Å². The summed E-state index contributed by atoms with van der Waals surface area (Å²) in [6.45, 7) is 2.70. The molecule has 1 saturated heterocycles. The van der Waals surface area contributed by atoms with Crippen molar-refractivity contribution in [3.63, 3.8) is 0 Å². The number of aldehydes is 1. The first-order valence-electron chi connectivity index (χ1n) is 8.36. The van der Waals surface area contributed by atoms with Crippen LogP contribution in [0, 0.1) is 0 Å². The van der Waals surface area contributed by atoms with E-state index in [1.54, 1.807) is 6.20 Å². The number of nitrogens with two attached hydrogens (primary N) is 1. The Bertz CT molecular complexity index is 888. The van der Waals surface area contributed by atoms with Gasteiger partial charge in [-0.3, -0.25) is 4.98 Å². The van der Waals surface area contributed by atoms with E-state index in [9.17, 15) is 4.79 Å². The van der Waals surface area contributed by atoms with E-state index in [1.165, 1.54) is 0 Å². The molecule has 1 aromatic carbocycles. The predicted octanol–water partition coefficient (Wildman–Crippen LogP) is 0.856. The van der Waals surface area contributed by atoms with E-state index in [1.807, 2.05) is 41.2 Å². The van der Waals surface area contributed by atoms with Crippen molar-refractivity contribution in [1.29, 1.82) is 0 Å². The van der Waals surface area contributed by atoms with Gasteiger partial charge in [-0.2, -0.15) is 0 Å². The van der Waals surface area contributed by atoms with Crippen molar-refractivity contribution in [2.24, 2.45) is 5.73 Å². The van der Waals surface area contributed by atoms with Crippen molar-refractivity contribution in [2.75, 3.05) is 24.5 Å². The number of carbonyl (C=O) groups excluding carboxylic acids is 1. The zero-order chi connectivity index (χ0) is 17.2. The minimum Gasteiger partial charge on any atom is -0.351 e. The van der Waals surface area contributed by atoms with Gasteiger partial charge >= 0.3 is 0 Å². The van der Waals surface area contributed by atoms with Gasteiger partial charge < -0.3 is 20.7 Å². The molecule has 25 heavy (non-hydrogen) atoms. The highest BCUT2D eigenvalue weighted by Crippen LogP contribution is 2.28. The zero-order valence-corrected chi connectivity index (χ0v) is 13.8. The van der Waals surface area contributed by atoms with Gasteiger partial charge in [0.2, 0.25) is 0 Å². The summed E-state index contributed by atoms with van der Waals surface area (Å²) in [6.07, 6.45) is 4.55. The van der Waals surface area contributed by atoms with Crippen molar-refractivity contribution in [3.8, 4) is 5.69 Å². The van der Waals surface area contributed by atoms with Crippen LogP contribution in [0.1, 0.15) is 5.56 Å². The van der Waals surface area contributed by atoms with Gasteiger partial charge in [0.15, 0.2) is 5.82 Å². The minimum atomic E-state index is -0.167. The Balaban J connectivity index is 1.79. The highest BCUT2D eigenvalue weighted by molar-refractivity contribution is 5.91. The molecule has 3 N–H and O–H groups in total. The van der Waals surface area contributed by atoms with Crippen LogP contribution in [0.2, 0.25) is 0 Å². The molecular formula is C18H20N6O. The van der Waals surface area contributed by atoms with Crippen molar-refractivity contribution < 1.29 is 4.79 Å². The first-order chi connectivity index (χ1) is 12.3. The quantitative estimate of drug-likeness (QED) is 0.687. The normalized spacial score (nSPS) is 17.8. The second-order valence-corrected chi connectivity index (χ2v) is 6.14. The molecule has 1 aliphatic rings. The number of nitrogens with one attached hydrogen (secondary N) is 1. The van der Waals surface area contributed by atoms with Crippen LogP contribution in [-0.2, 0) is 11.3 Å². The first kappa shape index (κ1) is 15.7. The predicted molar refractivity (Wildman–Crippen MR) is 96.8 cm³/mol. The van der Waals surface area contributed by atoms with Gasteiger partial charge in [0.25, 0.3) is 0 Å². The summed E-state index contributed by atoms with van der Waals surface area (Å²) >= 11 is 0. The monoisotopic (exact) mass is 336 g/mol. The fourth-order valence-electron chi connectivity index (χ4n) is 3.21. The maximum atomic E-state index is 11.2. The summed E-state index contributed by atoms with van der Waals surface area (Å²) < 4.78 is 1.90. The maximum Gasteiger partial charge on any atom is 0.159 e. The molecular weight excluding hydrogens is 316 g/mol. The zero-order valence-electron chi connectivity index (χ0n) is 13.8. The molecule has 3 aromatic rings. The Kier molecular flexibility index (Phi) is 4.17. The summed E-state index contributed by atoms with van der Waals surface area (Å²) in [7, 11) is 0. The largest absolute Gasteiger partial charge is 0.351 e. The molecule has 1 unspecified atom stereocenters. The second-order valence-electron chi connectivity index (χ2n) is 6.14. The number of piperazine rings is 1. The molecule has 3 heterocycles. The molecule has 4 rings (SSSR count). The number of fused-ring (bicyclic) bond motifs is 1. The third-order valence-electron chi connectivity index (χ3n) is 4.55. The molecule has 0 radical (unpaired) electrons. The van der Waals surface area contributed by atoms with Gasteiger partial charge in [-0.1, -0.05) is 12.1 Å². The lowest BCUT2D eigenvalue weighted by Gasteiger charge is -2.31.